The van der Waals surface area contributed by atoms with Gasteiger partial charge in [-0.3, -0.25) is 0 Å². The Kier molecular flexibility index (Phi) is 3.83. The highest BCUT2D eigenvalue weighted by molar-refractivity contribution is 5.31. The van der Waals surface area contributed by atoms with Crippen LogP contribution in [0, 0.1) is 12.8 Å². The summed E-state index contributed by atoms with van der Waals surface area (Å²) in [5.74, 6) is 1.84. The number of ether oxygens (including phenoxy) is 1. The maximum absolute atomic E-state index is 6.05. The summed E-state index contributed by atoms with van der Waals surface area (Å²) in [4.78, 5) is 0. The second-order valence-electron chi connectivity index (χ2n) is 4.74. The van der Waals surface area contributed by atoms with Crippen molar-refractivity contribution >= 4 is 0 Å². The third-order valence-electron chi connectivity index (χ3n) is 3.37. The van der Waals surface area contributed by atoms with Crippen molar-refractivity contribution in [3.8, 4) is 5.75 Å². The number of rotatable bonds is 4. The Hall–Kier alpha value is -1.02. The van der Waals surface area contributed by atoms with Gasteiger partial charge in [-0.15, -0.1) is 0 Å². The number of nitrogens with one attached hydrogen (secondary N) is 1. The average Bonchev–Trinajstić information content (AvgIpc) is 2.70. The van der Waals surface area contributed by atoms with Crippen LogP contribution in [0.5, 0.6) is 5.75 Å². The number of para-hydroxylation sites is 1. The molecule has 1 aromatic rings. The molecule has 0 aromatic heterocycles. The Morgan fingerprint density at radius 1 is 1.31 bits per heavy atom. The molecule has 0 radical (unpaired) electrons. The van der Waals surface area contributed by atoms with Gasteiger partial charge in [-0.2, -0.15) is 0 Å². The highest BCUT2D eigenvalue weighted by Crippen LogP contribution is 2.29. The van der Waals surface area contributed by atoms with Crippen molar-refractivity contribution in [3.05, 3.63) is 29.8 Å². The van der Waals surface area contributed by atoms with Crippen LogP contribution in [0.4, 0.5) is 0 Å². The van der Waals surface area contributed by atoms with E-state index in [1.807, 2.05) is 13.1 Å². The number of benzene rings is 1. The van der Waals surface area contributed by atoms with E-state index in [2.05, 4.69) is 30.4 Å². The molecule has 1 aromatic carbocycles. The third kappa shape index (κ3) is 2.76. The van der Waals surface area contributed by atoms with Gasteiger partial charge in [0.05, 0.1) is 6.10 Å². The lowest BCUT2D eigenvalue weighted by Crippen LogP contribution is -2.18. The number of hydrogen-bond acceptors (Lipinski definition) is 2. The van der Waals surface area contributed by atoms with Crippen LogP contribution in [0.2, 0.25) is 0 Å². The van der Waals surface area contributed by atoms with Crippen LogP contribution in [0.25, 0.3) is 0 Å². The average molecular weight is 219 g/mol. The van der Waals surface area contributed by atoms with Crippen molar-refractivity contribution < 1.29 is 4.74 Å². The zero-order valence-electron chi connectivity index (χ0n) is 10.2. The van der Waals surface area contributed by atoms with E-state index in [9.17, 15) is 0 Å². The molecule has 0 spiro atoms. The first-order valence-corrected chi connectivity index (χ1v) is 6.16. The van der Waals surface area contributed by atoms with E-state index < -0.39 is 0 Å². The Morgan fingerprint density at radius 3 is 2.88 bits per heavy atom. The molecule has 16 heavy (non-hydrogen) atoms. The molecule has 1 N–H and O–H groups in total. The number of hydrogen-bond donors (Lipinski definition) is 1. The van der Waals surface area contributed by atoms with Crippen LogP contribution in [0.1, 0.15) is 24.8 Å². The summed E-state index contributed by atoms with van der Waals surface area (Å²) < 4.78 is 6.05. The highest BCUT2D eigenvalue weighted by atomic mass is 16.5. The van der Waals surface area contributed by atoms with E-state index >= 15 is 0 Å². The molecule has 88 valence electrons. The zero-order valence-corrected chi connectivity index (χ0v) is 10.2. The van der Waals surface area contributed by atoms with Gasteiger partial charge in [0.1, 0.15) is 5.75 Å². The van der Waals surface area contributed by atoms with Gasteiger partial charge in [0.15, 0.2) is 0 Å². The molecule has 1 aliphatic carbocycles. The van der Waals surface area contributed by atoms with Crippen LogP contribution in [0.15, 0.2) is 24.3 Å². The van der Waals surface area contributed by atoms with E-state index in [0.29, 0.717) is 6.10 Å². The van der Waals surface area contributed by atoms with Crippen molar-refractivity contribution in [1.82, 2.24) is 5.32 Å². The Balaban J connectivity index is 1.90. The summed E-state index contributed by atoms with van der Waals surface area (Å²) >= 11 is 0. The quantitative estimate of drug-likeness (QED) is 0.840. The van der Waals surface area contributed by atoms with Crippen LogP contribution >= 0.6 is 0 Å². The fourth-order valence-electron chi connectivity index (χ4n) is 2.48. The first-order valence-electron chi connectivity index (χ1n) is 6.16. The molecule has 0 saturated heterocycles. The first-order chi connectivity index (χ1) is 7.79. The molecule has 2 heteroatoms. The molecule has 0 bridgehead atoms. The molecule has 2 unspecified atom stereocenters. The highest BCUT2D eigenvalue weighted by Gasteiger charge is 2.25. The minimum atomic E-state index is 0.416. The maximum atomic E-state index is 6.05. The third-order valence-corrected chi connectivity index (χ3v) is 3.37. The molecule has 2 nitrogen and oxygen atoms in total. The lowest BCUT2D eigenvalue weighted by atomic mass is 10.1. The van der Waals surface area contributed by atoms with Gasteiger partial charge in [0, 0.05) is 0 Å². The molecule has 0 heterocycles. The van der Waals surface area contributed by atoms with E-state index in [-0.39, 0.29) is 0 Å². The van der Waals surface area contributed by atoms with Crippen LogP contribution < -0.4 is 10.1 Å². The molecule has 1 saturated carbocycles. The predicted octanol–water partition coefficient (Wildman–Crippen LogP) is 2.76. The predicted molar refractivity (Wildman–Crippen MR) is 66.9 cm³/mol. The van der Waals surface area contributed by atoms with Crippen molar-refractivity contribution in [2.24, 2.45) is 5.92 Å². The molecular formula is C14H21NO. The smallest absolute Gasteiger partial charge is 0.122 e. The molecule has 2 atom stereocenters. The van der Waals surface area contributed by atoms with Gasteiger partial charge in [-0.1, -0.05) is 18.2 Å². The Labute approximate surface area is 98.0 Å². The van der Waals surface area contributed by atoms with Crippen molar-refractivity contribution in [1.29, 1.82) is 0 Å². The van der Waals surface area contributed by atoms with E-state index in [1.54, 1.807) is 0 Å². The van der Waals surface area contributed by atoms with Gasteiger partial charge < -0.3 is 10.1 Å². The van der Waals surface area contributed by atoms with Crippen molar-refractivity contribution in [2.75, 3.05) is 13.6 Å². The van der Waals surface area contributed by atoms with Gasteiger partial charge in [0.25, 0.3) is 0 Å². The Morgan fingerprint density at radius 2 is 2.12 bits per heavy atom. The van der Waals surface area contributed by atoms with Gasteiger partial charge in [-0.05, 0) is 57.3 Å². The normalized spacial score (nSPS) is 24.6. The Bertz CT molecular complexity index is 337. The summed E-state index contributed by atoms with van der Waals surface area (Å²) in [6.07, 6.45) is 4.09. The van der Waals surface area contributed by atoms with Gasteiger partial charge in [0.2, 0.25) is 0 Å². The monoisotopic (exact) mass is 219 g/mol. The second-order valence-corrected chi connectivity index (χ2v) is 4.74. The van der Waals surface area contributed by atoms with Gasteiger partial charge >= 0.3 is 0 Å². The SMILES string of the molecule is CNCC1CCC(Oc2ccccc2C)C1. The summed E-state index contributed by atoms with van der Waals surface area (Å²) in [6.45, 7) is 3.23. The molecule has 2 rings (SSSR count). The van der Waals surface area contributed by atoms with Crippen molar-refractivity contribution in [3.63, 3.8) is 0 Å². The molecular weight excluding hydrogens is 198 g/mol. The number of aryl methyl sites for hydroxylation is 1. The summed E-state index contributed by atoms with van der Waals surface area (Å²) in [5.41, 5.74) is 1.24. The van der Waals surface area contributed by atoms with E-state index in [0.717, 1.165) is 18.2 Å². The van der Waals surface area contributed by atoms with Crippen molar-refractivity contribution in [2.45, 2.75) is 32.3 Å². The summed E-state index contributed by atoms with van der Waals surface area (Å²) in [7, 11) is 2.02. The largest absolute Gasteiger partial charge is 0.490 e. The first kappa shape index (κ1) is 11.5. The summed E-state index contributed by atoms with van der Waals surface area (Å²) in [5, 5.41) is 3.25. The van der Waals surface area contributed by atoms with E-state index in [4.69, 9.17) is 4.74 Å². The summed E-state index contributed by atoms with van der Waals surface area (Å²) in [6, 6.07) is 8.28. The zero-order chi connectivity index (χ0) is 11.4. The molecule has 1 aliphatic rings. The maximum Gasteiger partial charge on any atom is 0.122 e. The minimum absolute atomic E-state index is 0.416. The standard InChI is InChI=1S/C14H21NO/c1-11-5-3-4-6-14(11)16-13-8-7-12(9-13)10-15-2/h3-6,12-13,15H,7-10H2,1-2H3. The van der Waals surface area contributed by atoms with Gasteiger partial charge in [-0.25, -0.2) is 0 Å². The fraction of sp³-hybridized carbons (Fsp3) is 0.571. The fourth-order valence-corrected chi connectivity index (χ4v) is 2.48. The lowest BCUT2D eigenvalue weighted by molar-refractivity contribution is 0.202. The van der Waals surface area contributed by atoms with E-state index in [1.165, 1.54) is 24.8 Å². The minimum Gasteiger partial charge on any atom is -0.490 e. The van der Waals surface area contributed by atoms with Crippen LogP contribution in [-0.2, 0) is 0 Å². The topological polar surface area (TPSA) is 21.3 Å². The molecule has 0 amide bonds. The molecule has 1 fully saturated rings. The van der Waals surface area contributed by atoms with Crippen LogP contribution in [-0.4, -0.2) is 19.7 Å². The second kappa shape index (κ2) is 5.35. The molecule has 0 aliphatic heterocycles. The lowest BCUT2D eigenvalue weighted by Gasteiger charge is -2.15. The van der Waals surface area contributed by atoms with Crippen LogP contribution in [0.3, 0.4) is 0 Å².